The first-order valence-corrected chi connectivity index (χ1v) is 8.25. The monoisotopic (exact) mass is 325 g/mol. The van der Waals surface area contributed by atoms with E-state index < -0.39 is 12.2 Å². The molecule has 120 valence electrons. The number of anilines is 1. The molecule has 1 atom stereocenters. The predicted molar refractivity (Wildman–Crippen MR) is 81.3 cm³/mol. The van der Waals surface area contributed by atoms with Crippen molar-refractivity contribution < 1.29 is 19.4 Å². The van der Waals surface area contributed by atoms with E-state index >= 15 is 0 Å². The van der Waals surface area contributed by atoms with Crippen LogP contribution < -0.4 is 4.90 Å². The van der Waals surface area contributed by atoms with Crippen molar-refractivity contribution in [3.8, 4) is 0 Å². The van der Waals surface area contributed by atoms with Crippen LogP contribution in [-0.4, -0.2) is 53.4 Å². The molecule has 1 saturated carbocycles. The number of likely N-dealkylation sites (tertiary alicyclic amines) is 1. The van der Waals surface area contributed by atoms with Crippen LogP contribution >= 0.6 is 11.3 Å². The van der Waals surface area contributed by atoms with Gasteiger partial charge in [0.15, 0.2) is 0 Å². The molecule has 1 saturated heterocycles. The molecule has 1 N–H and O–H groups in total. The zero-order valence-corrected chi connectivity index (χ0v) is 13.2. The van der Waals surface area contributed by atoms with Gasteiger partial charge in [0.1, 0.15) is 5.82 Å². The maximum atomic E-state index is 12.2. The van der Waals surface area contributed by atoms with Gasteiger partial charge < -0.3 is 14.7 Å². The minimum Gasteiger partial charge on any atom is -0.465 e. The normalized spacial score (nSPS) is 23.0. The van der Waals surface area contributed by atoms with Crippen LogP contribution in [0.4, 0.5) is 15.4 Å². The number of hydrogen-bond acceptors (Lipinski definition) is 5. The highest BCUT2D eigenvalue weighted by Gasteiger charge is 2.53. The molecule has 1 aromatic rings. The Labute approximate surface area is 132 Å². The Morgan fingerprint density at radius 3 is 2.64 bits per heavy atom. The second-order valence-corrected chi connectivity index (χ2v) is 6.59. The highest BCUT2D eigenvalue weighted by Crippen LogP contribution is 2.52. The van der Waals surface area contributed by atoms with Crippen LogP contribution in [0, 0.1) is 5.41 Å². The number of carbonyl (C=O) groups is 2. The Morgan fingerprint density at radius 1 is 1.45 bits per heavy atom. The number of carboxylic acid groups (broad SMARTS) is 1. The van der Waals surface area contributed by atoms with E-state index in [0.717, 1.165) is 25.7 Å². The van der Waals surface area contributed by atoms with Gasteiger partial charge in [-0.25, -0.2) is 14.6 Å². The Bertz CT molecular complexity index is 554. The van der Waals surface area contributed by atoms with Crippen LogP contribution in [-0.2, 0) is 4.74 Å². The molecule has 3 rings (SSSR count). The van der Waals surface area contributed by atoms with E-state index in [4.69, 9.17) is 9.84 Å². The maximum Gasteiger partial charge on any atom is 0.415 e. The molecular weight excluding hydrogens is 306 g/mol. The quantitative estimate of drug-likeness (QED) is 0.904. The third-order valence-electron chi connectivity index (χ3n) is 5.00. The molecule has 22 heavy (non-hydrogen) atoms. The molecule has 2 heterocycles. The highest BCUT2D eigenvalue weighted by atomic mass is 32.1. The number of thiazole rings is 1. The largest absolute Gasteiger partial charge is 0.465 e. The predicted octanol–water partition coefficient (Wildman–Crippen LogP) is 2.64. The molecule has 8 heteroatoms. The van der Waals surface area contributed by atoms with E-state index in [-0.39, 0.29) is 11.5 Å². The van der Waals surface area contributed by atoms with Gasteiger partial charge in [-0.1, -0.05) is 0 Å². The number of aromatic nitrogens is 1. The van der Waals surface area contributed by atoms with Gasteiger partial charge in [0.2, 0.25) is 0 Å². The van der Waals surface area contributed by atoms with E-state index in [9.17, 15) is 9.59 Å². The van der Waals surface area contributed by atoms with Crippen molar-refractivity contribution in [2.75, 3.05) is 25.1 Å². The van der Waals surface area contributed by atoms with E-state index in [2.05, 4.69) is 4.98 Å². The highest BCUT2D eigenvalue weighted by molar-refractivity contribution is 7.07. The van der Waals surface area contributed by atoms with Crippen molar-refractivity contribution in [2.24, 2.45) is 5.41 Å². The van der Waals surface area contributed by atoms with Gasteiger partial charge in [0.25, 0.3) is 0 Å². The number of amides is 2. The first kappa shape index (κ1) is 15.1. The molecular formula is C14H19N3O4S. The summed E-state index contributed by atoms with van der Waals surface area (Å²) in [6, 6.07) is 0.0398. The number of hydrogen-bond donors (Lipinski definition) is 1. The van der Waals surface area contributed by atoms with Gasteiger partial charge in [-0.15, -0.1) is 11.3 Å². The number of rotatable bonds is 2. The van der Waals surface area contributed by atoms with Crippen molar-refractivity contribution >= 4 is 29.3 Å². The lowest BCUT2D eigenvalue weighted by Crippen LogP contribution is -2.61. The molecule has 2 amide bonds. The second kappa shape index (κ2) is 5.75. The molecule has 0 radical (unpaired) electrons. The second-order valence-electron chi connectivity index (χ2n) is 5.87. The molecule has 7 nitrogen and oxygen atoms in total. The van der Waals surface area contributed by atoms with Gasteiger partial charge in [-0.05, 0) is 31.1 Å². The van der Waals surface area contributed by atoms with Crippen LogP contribution in [0.3, 0.4) is 0 Å². The fourth-order valence-electron chi connectivity index (χ4n) is 3.62. The molecule has 1 aromatic heterocycles. The molecule has 1 aliphatic heterocycles. The lowest BCUT2D eigenvalue weighted by Gasteiger charge is -2.56. The summed E-state index contributed by atoms with van der Waals surface area (Å²) >= 11 is 1.44. The number of ether oxygens (including phenoxy) is 1. The average Bonchev–Trinajstić information content (AvgIpc) is 3.04. The molecule has 2 fully saturated rings. The third-order valence-corrected chi connectivity index (χ3v) is 5.58. The van der Waals surface area contributed by atoms with Crippen molar-refractivity contribution in [1.29, 1.82) is 0 Å². The Balaban J connectivity index is 1.79. The molecule has 1 spiro atoms. The fourth-order valence-corrected chi connectivity index (χ4v) is 4.14. The van der Waals surface area contributed by atoms with Crippen molar-refractivity contribution in [3.05, 3.63) is 10.9 Å². The Morgan fingerprint density at radius 2 is 2.18 bits per heavy atom. The van der Waals surface area contributed by atoms with E-state index in [1.54, 1.807) is 10.4 Å². The van der Waals surface area contributed by atoms with Crippen molar-refractivity contribution in [1.82, 2.24) is 9.88 Å². The van der Waals surface area contributed by atoms with Gasteiger partial charge in [0.05, 0.1) is 12.6 Å². The van der Waals surface area contributed by atoms with Crippen LogP contribution in [0.25, 0.3) is 0 Å². The lowest BCUT2D eigenvalue weighted by atomic mass is 9.58. The van der Waals surface area contributed by atoms with E-state index in [0.29, 0.717) is 18.9 Å². The number of piperidine rings is 1. The number of carbonyl (C=O) groups excluding carboxylic acids is 1. The summed E-state index contributed by atoms with van der Waals surface area (Å²) in [6.45, 7) is 1.05. The summed E-state index contributed by atoms with van der Waals surface area (Å²) in [5.74, 6) is 0.626. The Kier molecular flexibility index (Phi) is 3.94. The van der Waals surface area contributed by atoms with E-state index in [1.807, 2.05) is 5.38 Å². The number of nitrogens with zero attached hydrogens (tertiary/aromatic N) is 3. The molecule has 1 aliphatic carbocycles. The van der Waals surface area contributed by atoms with Crippen LogP contribution in [0.1, 0.15) is 25.7 Å². The smallest absolute Gasteiger partial charge is 0.415 e. The summed E-state index contributed by atoms with van der Waals surface area (Å²) in [4.78, 5) is 30.6. The first-order valence-electron chi connectivity index (χ1n) is 7.31. The van der Waals surface area contributed by atoms with Crippen molar-refractivity contribution in [3.63, 3.8) is 0 Å². The summed E-state index contributed by atoms with van der Waals surface area (Å²) in [5, 5.41) is 10.9. The molecule has 0 aromatic carbocycles. The summed E-state index contributed by atoms with van der Waals surface area (Å²) in [5.41, 5.74) is 1.69. The van der Waals surface area contributed by atoms with Gasteiger partial charge in [-0.2, -0.15) is 0 Å². The maximum absolute atomic E-state index is 12.2. The zero-order valence-electron chi connectivity index (χ0n) is 12.4. The lowest BCUT2D eigenvalue weighted by molar-refractivity contribution is 0.00967. The van der Waals surface area contributed by atoms with E-state index in [1.165, 1.54) is 23.3 Å². The van der Waals surface area contributed by atoms with Crippen LogP contribution in [0.2, 0.25) is 0 Å². The number of methoxy groups -OCH3 is 1. The van der Waals surface area contributed by atoms with Gasteiger partial charge in [-0.3, -0.25) is 4.90 Å². The van der Waals surface area contributed by atoms with Crippen LogP contribution in [0.5, 0.6) is 0 Å². The zero-order chi connectivity index (χ0) is 15.7. The first-order chi connectivity index (χ1) is 10.6. The van der Waals surface area contributed by atoms with Gasteiger partial charge >= 0.3 is 12.2 Å². The summed E-state index contributed by atoms with van der Waals surface area (Å²) in [7, 11) is 1.38. The fraction of sp³-hybridized carbons (Fsp3) is 0.643. The SMILES string of the molecule is COC(=O)N(c1cscn1)C1CCC12CCN(C(=O)O)CC2. The van der Waals surface area contributed by atoms with Crippen LogP contribution in [0.15, 0.2) is 10.9 Å². The van der Waals surface area contributed by atoms with Gasteiger partial charge in [0, 0.05) is 24.5 Å². The van der Waals surface area contributed by atoms with Crippen molar-refractivity contribution in [2.45, 2.75) is 31.7 Å². The molecule has 0 bridgehead atoms. The third kappa shape index (κ3) is 2.41. The summed E-state index contributed by atoms with van der Waals surface area (Å²) in [6.07, 6.45) is 2.22. The average molecular weight is 325 g/mol. The minimum atomic E-state index is -0.866. The molecule has 2 aliphatic rings. The standard InChI is InChI=1S/C14H19N3O4S/c1-21-13(20)17(11-8-22-9-15-11)10-2-3-14(10)4-6-16(7-5-14)12(18)19/h8-10H,2-7H2,1H3,(H,18,19). The molecule has 1 unspecified atom stereocenters. The topological polar surface area (TPSA) is 83.0 Å². The minimum absolute atomic E-state index is 0.0102. The summed E-state index contributed by atoms with van der Waals surface area (Å²) < 4.78 is 4.93. The Hall–Kier alpha value is -1.83.